The summed E-state index contributed by atoms with van der Waals surface area (Å²) in [6.07, 6.45) is 1.13. The zero-order valence-electron chi connectivity index (χ0n) is 19.1. The maximum atomic E-state index is 15.4. The lowest BCUT2D eigenvalue weighted by Gasteiger charge is -2.50. The summed E-state index contributed by atoms with van der Waals surface area (Å²) in [7, 11) is 0. The van der Waals surface area contributed by atoms with Crippen molar-refractivity contribution in [3.63, 3.8) is 0 Å². The van der Waals surface area contributed by atoms with E-state index >= 15 is 4.39 Å². The van der Waals surface area contributed by atoms with Crippen LogP contribution < -0.4 is 15.5 Å². The summed E-state index contributed by atoms with van der Waals surface area (Å²) in [5.74, 6) is -0.942. The minimum Gasteiger partial charge on any atom is -0.388 e. The molecule has 2 aliphatic heterocycles. The van der Waals surface area contributed by atoms with Gasteiger partial charge in [-0.15, -0.1) is 5.10 Å². The molecule has 1 unspecified atom stereocenters. The molecule has 1 N–H and O–H groups in total. The molecule has 8 nitrogen and oxygen atoms in total. The maximum absolute atomic E-state index is 15.4. The second kappa shape index (κ2) is 8.25. The Kier molecular flexibility index (Phi) is 5.49. The van der Waals surface area contributed by atoms with Gasteiger partial charge in [-0.1, -0.05) is 23.7 Å². The maximum Gasteiger partial charge on any atom is 0.350 e. The summed E-state index contributed by atoms with van der Waals surface area (Å²) >= 11 is 6.52. The number of hydrogen-bond acceptors (Lipinski definition) is 5. The van der Waals surface area contributed by atoms with Gasteiger partial charge >= 0.3 is 5.69 Å². The number of carbonyl (C=O) groups excluding carboxylic acids is 1. The summed E-state index contributed by atoms with van der Waals surface area (Å²) in [6, 6.07) is 8.23. The topological polar surface area (TPSA) is 83.6 Å². The number of aliphatic hydroxyl groups excluding tert-OH is 1. The van der Waals surface area contributed by atoms with Crippen LogP contribution in [0.25, 0.3) is 5.69 Å². The fourth-order valence-corrected chi connectivity index (χ4v) is 5.42. The summed E-state index contributed by atoms with van der Waals surface area (Å²) < 4.78 is 17.6. The van der Waals surface area contributed by atoms with Crippen LogP contribution >= 0.6 is 11.6 Å². The zero-order chi connectivity index (χ0) is 24.3. The number of carbonyl (C=O) groups is 1. The van der Waals surface area contributed by atoms with Gasteiger partial charge in [-0.25, -0.2) is 9.18 Å². The van der Waals surface area contributed by atoms with Crippen molar-refractivity contribution in [1.82, 2.24) is 14.3 Å². The molecule has 5 rings (SSSR count). The van der Waals surface area contributed by atoms with E-state index in [9.17, 15) is 14.7 Å². The molecule has 0 saturated heterocycles. The SMILES string of the molecule is CCn1c(CO)nn(-c2cc3c(cc2F)C(=O)N2c4c(Cl)cccc4CCC2N3C(C)C)c1=O. The van der Waals surface area contributed by atoms with Crippen LogP contribution in [-0.4, -0.2) is 37.6 Å². The predicted molar refractivity (Wildman–Crippen MR) is 127 cm³/mol. The molecule has 0 radical (unpaired) electrons. The number of nitrogens with zero attached hydrogens (tertiary/aromatic N) is 5. The lowest BCUT2D eigenvalue weighted by molar-refractivity contribution is 0.0963. The highest BCUT2D eigenvalue weighted by molar-refractivity contribution is 6.34. The average Bonchev–Trinajstić information content (AvgIpc) is 3.14. The standard InChI is InChI=1S/C24H25ClFN5O3/c1-4-28-20(12-32)27-31(24(28)34)19-11-18-15(10-17(19)26)23(33)30-21(29(18)13(2)3)9-8-14-6-5-7-16(25)22(14)30/h5-7,10-11,13,21,32H,4,8-9,12H2,1-3H3. The van der Waals surface area contributed by atoms with Crippen LogP contribution in [0.1, 0.15) is 48.9 Å². The quantitative estimate of drug-likeness (QED) is 0.611. The Bertz CT molecular complexity index is 1370. The molecular formula is C24H25ClFN5O3. The van der Waals surface area contributed by atoms with Crippen molar-refractivity contribution in [2.75, 3.05) is 9.80 Å². The number of aromatic nitrogens is 3. The van der Waals surface area contributed by atoms with E-state index in [2.05, 4.69) is 10.00 Å². The first-order valence-corrected chi connectivity index (χ1v) is 11.7. The first-order chi connectivity index (χ1) is 16.3. The Hall–Kier alpha value is -3.17. The van der Waals surface area contributed by atoms with Crippen LogP contribution in [-0.2, 0) is 19.6 Å². The number of hydrogen-bond donors (Lipinski definition) is 1. The van der Waals surface area contributed by atoms with E-state index < -0.39 is 18.1 Å². The van der Waals surface area contributed by atoms with Crippen molar-refractivity contribution >= 4 is 28.9 Å². The zero-order valence-corrected chi connectivity index (χ0v) is 19.9. The first-order valence-electron chi connectivity index (χ1n) is 11.3. The summed E-state index contributed by atoms with van der Waals surface area (Å²) in [5, 5.41) is 14.2. The van der Waals surface area contributed by atoms with Gasteiger partial charge in [0.1, 0.15) is 24.3 Å². The molecule has 178 valence electrons. The van der Waals surface area contributed by atoms with Crippen molar-refractivity contribution in [3.05, 3.63) is 68.6 Å². The third kappa shape index (κ3) is 3.18. The molecule has 34 heavy (non-hydrogen) atoms. The van der Waals surface area contributed by atoms with Gasteiger partial charge in [-0.3, -0.25) is 14.3 Å². The fourth-order valence-electron chi connectivity index (χ4n) is 5.13. The number of halogens is 2. The van der Waals surface area contributed by atoms with Gasteiger partial charge in [0.05, 0.1) is 22.0 Å². The van der Waals surface area contributed by atoms with E-state index in [0.717, 1.165) is 16.7 Å². The van der Waals surface area contributed by atoms with Crippen molar-refractivity contribution in [2.45, 2.75) is 59.0 Å². The van der Waals surface area contributed by atoms with Crippen LogP contribution in [0.2, 0.25) is 5.02 Å². The minimum absolute atomic E-state index is 0.0281. The largest absolute Gasteiger partial charge is 0.388 e. The highest BCUT2D eigenvalue weighted by Crippen LogP contribution is 2.45. The fraction of sp³-hybridized carbons (Fsp3) is 0.375. The summed E-state index contributed by atoms with van der Waals surface area (Å²) in [5.41, 5.74) is 1.77. The van der Waals surface area contributed by atoms with E-state index in [1.807, 2.05) is 26.0 Å². The molecule has 0 spiro atoms. The number of aryl methyl sites for hydroxylation is 1. The summed E-state index contributed by atoms with van der Waals surface area (Å²) in [4.78, 5) is 30.3. The molecule has 1 amide bonds. The molecule has 1 atom stereocenters. The number of para-hydroxylation sites is 1. The van der Waals surface area contributed by atoms with Gasteiger partial charge in [-0.05, 0) is 57.4 Å². The lowest BCUT2D eigenvalue weighted by atomic mass is 9.93. The molecule has 2 aromatic carbocycles. The van der Waals surface area contributed by atoms with Gasteiger partial charge in [0.15, 0.2) is 5.82 Å². The minimum atomic E-state index is -0.752. The molecular weight excluding hydrogens is 461 g/mol. The van der Waals surface area contributed by atoms with Gasteiger partial charge in [0.2, 0.25) is 0 Å². The monoisotopic (exact) mass is 485 g/mol. The Balaban J connectivity index is 1.72. The van der Waals surface area contributed by atoms with Gasteiger partial charge < -0.3 is 10.0 Å². The van der Waals surface area contributed by atoms with Crippen molar-refractivity contribution in [3.8, 4) is 5.69 Å². The third-order valence-electron chi connectivity index (χ3n) is 6.58. The van der Waals surface area contributed by atoms with E-state index in [-0.39, 0.29) is 41.7 Å². The van der Waals surface area contributed by atoms with Gasteiger partial charge in [0, 0.05) is 12.6 Å². The molecule has 0 fully saturated rings. The van der Waals surface area contributed by atoms with Crippen molar-refractivity contribution < 1.29 is 14.3 Å². The number of anilines is 2. The first kappa shape index (κ1) is 22.6. The Morgan fingerprint density at radius 1 is 1.24 bits per heavy atom. The number of amides is 1. The van der Waals surface area contributed by atoms with Crippen LogP contribution in [0.5, 0.6) is 0 Å². The van der Waals surface area contributed by atoms with Crippen LogP contribution in [0, 0.1) is 5.82 Å². The normalized spacial score (nSPS) is 17.1. The van der Waals surface area contributed by atoms with E-state index in [1.54, 1.807) is 17.9 Å². The molecule has 0 saturated carbocycles. The summed E-state index contributed by atoms with van der Waals surface area (Å²) in [6.45, 7) is 5.59. The molecule has 1 aromatic heterocycles. The number of aliphatic hydroxyl groups is 1. The van der Waals surface area contributed by atoms with Crippen molar-refractivity contribution in [1.29, 1.82) is 0 Å². The molecule has 0 aliphatic carbocycles. The van der Waals surface area contributed by atoms with Gasteiger partial charge in [-0.2, -0.15) is 4.68 Å². The van der Waals surface area contributed by atoms with Crippen LogP contribution in [0.15, 0.2) is 35.1 Å². The van der Waals surface area contributed by atoms with Crippen LogP contribution in [0.3, 0.4) is 0 Å². The highest BCUT2D eigenvalue weighted by Gasteiger charge is 2.43. The lowest BCUT2D eigenvalue weighted by Crippen LogP contribution is -2.59. The predicted octanol–water partition coefficient (Wildman–Crippen LogP) is 3.49. The van der Waals surface area contributed by atoms with E-state index in [1.165, 1.54) is 16.7 Å². The third-order valence-corrected chi connectivity index (χ3v) is 6.88. The van der Waals surface area contributed by atoms with Crippen LogP contribution in [0.4, 0.5) is 15.8 Å². The Labute approximate surface area is 200 Å². The molecule has 3 aromatic rings. The molecule has 2 aliphatic rings. The highest BCUT2D eigenvalue weighted by atomic mass is 35.5. The Morgan fingerprint density at radius 2 is 2.00 bits per heavy atom. The molecule has 10 heteroatoms. The molecule has 3 heterocycles. The van der Waals surface area contributed by atoms with Crippen molar-refractivity contribution in [2.24, 2.45) is 0 Å². The number of rotatable bonds is 4. The number of benzene rings is 2. The number of fused-ring (bicyclic) bond motifs is 4. The van der Waals surface area contributed by atoms with E-state index in [0.29, 0.717) is 22.8 Å². The molecule has 0 bridgehead atoms. The smallest absolute Gasteiger partial charge is 0.350 e. The van der Waals surface area contributed by atoms with Gasteiger partial charge in [0.25, 0.3) is 5.91 Å². The second-order valence-electron chi connectivity index (χ2n) is 8.78. The van der Waals surface area contributed by atoms with E-state index in [4.69, 9.17) is 11.6 Å². The average molecular weight is 486 g/mol. The Morgan fingerprint density at radius 3 is 2.65 bits per heavy atom. The second-order valence-corrected chi connectivity index (χ2v) is 9.18.